The molecule has 3 aromatic rings. The van der Waals surface area contributed by atoms with E-state index in [9.17, 15) is 8.42 Å². The normalized spacial score (nSPS) is 11.7. The highest BCUT2D eigenvalue weighted by molar-refractivity contribution is 7.89. The maximum Gasteiger partial charge on any atom is 0.276 e. The van der Waals surface area contributed by atoms with Crippen molar-refractivity contribution in [2.45, 2.75) is 32.2 Å². The van der Waals surface area contributed by atoms with Crippen LogP contribution in [0.1, 0.15) is 29.4 Å². The molecule has 7 nitrogen and oxygen atoms in total. The lowest BCUT2D eigenvalue weighted by atomic mass is 10.2. The van der Waals surface area contributed by atoms with Crippen molar-refractivity contribution in [3.8, 4) is 5.75 Å². The van der Waals surface area contributed by atoms with Crippen molar-refractivity contribution in [2.24, 2.45) is 5.10 Å². The number of nitrogens with one attached hydrogen (secondary N) is 1. The fourth-order valence-corrected chi connectivity index (χ4v) is 3.69. The van der Waals surface area contributed by atoms with E-state index in [1.807, 2.05) is 55.8 Å². The molecule has 1 aromatic heterocycles. The topological polar surface area (TPSA) is 85.6 Å². The van der Waals surface area contributed by atoms with Crippen LogP contribution in [0.25, 0.3) is 0 Å². The highest BCUT2D eigenvalue weighted by atomic mass is 32.2. The summed E-state index contributed by atoms with van der Waals surface area (Å²) in [5, 5.41) is 8.48. The monoisotopic (exact) mass is 412 g/mol. The highest BCUT2D eigenvalue weighted by Gasteiger charge is 2.14. The van der Waals surface area contributed by atoms with Crippen LogP contribution >= 0.6 is 0 Å². The number of nitrogens with zero attached hydrogens (tertiary/aromatic N) is 3. The van der Waals surface area contributed by atoms with Gasteiger partial charge in [0.1, 0.15) is 5.75 Å². The van der Waals surface area contributed by atoms with E-state index in [1.165, 1.54) is 18.3 Å². The molecule has 0 aliphatic heterocycles. The first-order valence-corrected chi connectivity index (χ1v) is 10.7. The molecule has 0 aliphatic rings. The van der Waals surface area contributed by atoms with E-state index in [1.54, 1.807) is 12.1 Å². The molecule has 0 bridgehead atoms. The second-order valence-corrected chi connectivity index (χ2v) is 8.15. The van der Waals surface area contributed by atoms with Crippen LogP contribution in [0.3, 0.4) is 0 Å². The zero-order valence-corrected chi connectivity index (χ0v) is 17.5. The molecular weight excluding hydrogens is 388 g/mol. The molecule has 0 atom stereocenters. The fourth-order valence-electron chi connectivity index (χ4n) is 2.90. The Morgan fingerprint density at radius 2 is 1.79 bits per heavy atom. The minimum Gasteiger partial charge on any atom is -0.494 e. The number of aromatic nitrogens is 2. The van der Waals surface area contributed by atoms with E-state index in [-0.39, 0.29) is 4.90 Å². The first-order chi connectivity index (χ1) is 13.9. The summed E-state index contributed by atoms with van der Waals surface area (Å²) in [4.78, 5) is 2.37. The molecule has 1 N–H and O–H groups in total. The van der Waals surface area contributed by atoms with E-state index in [0.29, 0.717) is 18.9 Å². The summed E-state index contributed by atoms with van der Waals surface area (Å²) in [6.07, 6.45) is 1.49. The van der Waals surface area contributed by atoms with Gasteiger partial charge in [0.05, 0.1) is 30.0 Å². The second-order valence-electron chi connectivity index (χ2n) is 6.49. The van der Waals surface area contributed by atoms with Gasteiger partial charge in [-0.1, -0.05) is 30.3 Å². The van der Waals surface area contributed by atoms with Gasteiger partial charge in [0.2, 0.25) is 0 Å². The van der Waals surface area contributed by atoms with E-state index in [0.717, 1.165) is 22.5 Å². The summed E-state index contributed by atoms with van der Waals surface area (Å²) in [7, 11) is -3.76. The third kappa shape index (κ3) is 5.03. The molecule has 8 heteroatoms. The first kappa shape index (κ1) is 20.6. The van der Waals surface area contributed by atoms with Gasteiger partial charge in [0.25, 0.3) is 10.0 Å². The Balaban J connectivity index is 1.72. The van der Waals surface area contributed by atoms with Gasteiger partial charge in [-0.3, -0.25) is 4.68 Å². The van der Waals surface area contributed by atoms with Crippen molar-refractivity contribution in [1.29, 1.82) is 0 Å². The Hall–Kier alpha value is -3.13. The molecule has 1 heterocycles. The largest absolute Gasteiger partial charge is 0.494 e. The van der Waals surface area contributed by atoms with Crippen LogP contribution in [-0.2, 0) is 16.6 Å². The van der Waals surface area contributed by atoms with E-state index < -0.39 is 10.0 Å². The van der Waals surface area contributed by atoms with Crippen molar-refractivity contribution < 1.29 is 13.2 Å². The number of hydrazone groups is 1. The molecule has 0 aliphatic carbocycles. The van der Waals surface area contributed by atoms with Crippen LogP contribution in [0.2, 0.25) is 0 Å². The lowest BCUT2D eigenvalue weighted by molar-refractivity contribution is 0.340. The average Bonchev–Trinajstić information content (AvgIpc) is 2.97. The second kappa shape index (κ2) is 8.91. The third-order valence-corrected chi connectivity index (χ3v) is 5.66. The van der Waals surface area contributed by atoms with Crippen LogP contribution in [0.5, 0.6) is 5.75 Å². The summed E-state index contributed by atoms with van der Waals surface area (Å²) in [5.41, 5.74) is 3.62. The fraction of sp³-hybridized carbons (Fsp3) is 0.238. The molecule has 0 saturated carbocycles. The first-order valence-electron chi connectivity index (χ1n) is 9.26. The van der Waals surface area contributed by atoms with Gasteiger partial charge >= 0.3 is 0 Å². The number of hydrogen-bond acceptors (Lipinski definition) is 5. The molecule has 0 radical (unpaired) electrons. The van der Waals surface area contributed by atoms with Crippen molar-refractivity contribution in [1.82, 2.24) is 14.6 Å². The van der Waals surface area contributed by atoms with Crippen molar-refractivity contribution >= 4 is 16.2 Å². The maximum absolute atomic E-state index is 12.4. The van der Waals surface area contributed by atoms with Crippen molar-refractivity contribution in [2.75, 3.05) is 6.61 Å². The summed E-state index contributed by atoms with van der Waals surface area (Å²) >= 11 is 0. The summed E-state index contributed by atoms with van der Waals surface area (Å²) in [6, 6.07) is 16.2. The number of sulfonamides is 1. The van der Waals surface area contributed by atoms with Gasteiger partial charge in [0, 0.05) is 11.3 Å². The predicted octanol–water partition coefficient (Wildman–Crippen LogP) is 3.26. The Bertz CT molecular complexity index is 1090. The van der Waals surface area contributed by atoms with Crippen molar-refractivity contribution in [3.63, 3.8) is 0 Å². The quantitative estimate of drug-likeness (QED) is 0.455. The SMILES string of the molecule is CCOc1ccc(S(=O)(=O)NN=Cc2c(C)nn(Cc3ccccc3)c2C)cc1. The molecule has 0 saturated heterocycles. The van der Waals surface area contributed by atoms with Gasteiger partial charge in [-0.15, -0.1) is 0 Å². The lowest BCUT2D eigenvalue weighted by Crippen LogP contribution is -2.18. The molecular formula is C21H24N4O3S. The molecule has 0 spiro atoms. The van der Waals surface area contributed by atoms with Gasteiger partial charge < -0.3 is 4.74 Å². The Morgan fingerprint density at radius 3 is 2.45 bits per heavy atom. The van der Waals surface area contributed by atoms with Crippen LogP contribution in [0.4, 0.5) is 0 Å². The molecule has 29 heavy (non-hydrogen) atoms. The number of rotatable bonds is 8. The summed E-state index contributed by atoms with van der Waals surface area (Å²) in [5.74, 6) is 0.618. The zero-order chi connectivity index (χ0) is 20.9. The van der Waals surface area contributed by atoms with Crippen LogP contribution in [0.15, 0.2) is 64.6 Å². The van der Waals surface area contributed by atoms with E-state index in [2.05, 4.69) is 15.0 Å². The summed E-state index contributed by atoms with van der Waals surface area (Å²) < 4.78 is 32.1. The van der Waals surface area contributed by atoms with E-state index in [4.69, 9.17) is 4.74 Å². The predicted molar refractivity (Wildman–Crippen MR) is 113 cm³/mol. The Morgan fingerprint density at radius 1 is 1.10 bits per heavy atom. The summed E-state index contributed by atoms with van der Waals surface area (Å²) in [6.45, 7) is 6.83. The van der Waals surface area contributed by atoms with Crippen LogP contribution in [-0.4, -0.2) is 31.0 Å². The number of hydrogen-bond donors (Lipinski definition) is 1. The van der Waals surface area contributed by atoms with Crippen molar-refractivity contribution in [3.05, 3.63) is 77.1 Å². The highest BCUT2D eigenvalue weighted by Crippen LogP contribution is 2.16. The third-order valence-electron chi connectivity index (χ3n) is 4.42. The van der Waals surface area contributed by atoms with Gasteiger partial charge in [0.15, 0.2) is 0 Å². The number of ether oxygens (including phenoxy) is 1. The maximum atomic E-state index is 12.4. The van der Waals surface area contributed by atoms with Crippen LogP contribution in [0, 0.1) is 13.8 Å². The molecule has 3 rings (SSSR count). The number of aryl methyl sites for hydroxylation is 1. The average molecular weight is 413 g/mol. The van der Waals surface area contributed by atoms with Gasteiger partial charge in [-0.2, -0.15) is 18.6 Å². The molecule has 2 aromatic carbocycles. The molecule has 152 valence electrons. The Kier molecular flexibility index (Phi) is 6.33. The minimum atomic E-state index is -3.76. The van der Waals surface area contributed by atoms with E-state index >= 15 is 0 Å². The van der Waals surface area contributed by atoms with Crippen LogP contribution < -0.4 is 9.57 Å². The standard InChI is InChI=1S/C21H24N4O3S/c1-4-28-19-10-12-20(13-11-19)29(26,27)24-22-14-21-16(2)23-25(17(21)3)15-18-8-6-5-7-9-18/h5-14,24H,4,15H2,1-3H3. The molecule has 0 unspecified atom stereocenters. The Labute approximate surface area is 171 Å². The van der Waals surface area contributed by atoms with Gasteiger partial charge in [-0.05, 0) is 50.6 Å². The minimum absolute atomic E-state index is 0.117. The lowest BCUT2D eigenvalue weighted by Gasteiger charge is -2.06. The molecule has 0 fully saturated rings. The smallest absolute Gasteiger partial charge is 0.276 e. The number of benzene rings is 2. The zero-order valence-electron chi connectivity index (χ0n) is 16.7. The van der Waals surface area contributed by atoms with Gasteiger partial charge in [-0.25, -0.2) is 4.83 Å². The molecule has 0 amide bonds.